The van der Waals surface area contributed by atoms with Gasteiger partial charge in [-0.05, 0) is 29.8 Å². The Balaban J connectivity index is 2.31. The third-order valence-corrected chi connectivity index (χ3v) is 3.75. The summed E-state index contributed by atoms with van der Waals surface area (Å²) < 4.78 is 24.2. The minimum atomic E-state index is -0.840. The third-order valence-electron chi connectivity index (χ3n) is 3.44. The molecule has 0 bridgehead atoms. The Bertz CT molecular complexity index is 992. The van der Waals surface area contributed by atoms with Crippen LogP contribution < -0.4 is 16.1 Å². The maximum atomic E-state index is 13.0. The summed E-state index contributed by atoms with van der Waals surface area (Å²) in [6.45, 7) is 0.0795. The molecule has 0 amide bonds. The summed E-state index contributed by atoms with van der Waals surface area (Å²) in [5.41, 5.74) is 0.0699. The number of aromatic nitrogens is 1. The van der Waals surface area contributed by atoms with Crippen LogP contribution in [0.4, 0.5) is 4.39 Å². The zero-order chi connectivity index (χ0) is 16.6. The molecule has 3 rings (SSSR count). The Morgan fingerprint density at radius 3 is 2.52 bits per heavy atom. The lowest BCUT2D eigenvalue weighted by atomic mass is 10.2. The molecule has 0 aliphatic carbocycles. The van der Waals surface area contributed by atoms with Gasteiger partial charge in [-0.1, -0.05) is 23.7 Å². The first-order valence-corrected chi connectivity index (χ1v) is 7.03. The first-order valence-electron chi connectivity index (χ1n) is 6.66. The molecule has 118 valence electrons. The second kappa shape index (κ2) is 5.89. The van der Waals surface area contributed by atoms with Crippen LogP contribution in [-0.2, 0) is 6.54 Å². The molecule has 3 aromatic rings. The van der Waals surface area contributed by atoms with Gasteiger partial charge in [0.2, 0.25) is 0 Å². The summed E-state index contributed by atoms with van der Waals surface area (Å²) >= 11 is 6.06. The zero-order valence-electron chi connectivity index (χ0n) is 12.0. The van der Waals surface area contributed by atoms with E-state index in [-0.39, 0.29) is 28.3 Å². The predicted octanol–water partition coefficient (Wildman–Crippen LogP) is 2.80. The highest BCUT2D eigenvalue weighted by Gasteiger charge is 2.17. The minimum Gasteiger partial charge on any atom is -0.495 e. The van der Waals surface area contributed by atoms with Crippen molar-refractivity contribution in [2.45, 2.75) is 6.54 Å². The van der Waals surface area contributed by atoms with Crippen LogP contribution in [-0.4, -0.2) is 11.7 Å². The maximum Gasteiger partial charge on any atom is 0.422 e. The molecule has 1 aromatic heterocycles. The Morgan fingerprint density at radius 2 is 1.87 bits per heavy atom. The molecule has 0 aliphatic heterocycles. The molecule has 1 heterocycles. The monoisotopic (exact) mass is 335 g/mol. The average molecular weight is 336 g/mol. The van der Waals surface area contributed by atoms with Gasteiger partial charge in [0.1, 0.15) is 22.5 Å². The van der Waals surface area contributed by atoms with Crippen LogP contribution in [0.25, 0.3) is 10.9 Å². The number of nitrogens with zero attached hydrogens (tertiary/aromatic N) is 1. The highest BCUT2D eigenvalue weighted by molar-refractivity contribution is 6.35. The molecule has 0 unspecified atom stereocenters. The zero-order valence-corrected chi connectivity index (χ0v) is 12.8. The summed E-state index contributed by atoms with van der Waals surface area (Å²) in [7, 11) is 1.42. The maximum absolute atomic E-state index is 13.0. The van der Waals surface area contributed by atoms with Gasteiger partial charge in [0.05, 0.1) is 18.7 Å². The molecular weight excluding hydrogens is 325 g/mol. The van der Waals surface area contributed by atoms with Crippen LogP contribution in [0.3, 0.4) is 0 Å². The number of methoxy groups -OCH3 is 1. The fraction of sp³-hybridized carbons (Fsp3) is 0.125. The lowest BCUT2D eigenvalue weighted by Crippen LogP contribution is -2.26. The van der Waals surface area contributed by atoms with Crippen molar-refractivity contribution in [3.8, 4) is 5.75 Å². The van der Waals surface area contributed by atoms with Gasteiger partial charge in [-0.25, -0.2) is 14.0 Å². The quantitative estimate of drug-likeness (QED) is 0.738. The molecule has 0 saturated carbocycles. The van der Waals surface area contributed by atoms with Crippen molar-refractivity contribution in [2.24, 2.45) is 0 Å². The minimum absolute atomic E-state index is 0.0627. The highest BCUT2D eigenvalue weighted by atomic mass is 35.5. The molecule has 0 N–H and O–H groups in total. The number of hydrogen-bond donors (Lipinski definition) is 0. The van der Waals surface area contributed by atoms with E-state index in [0.29, 0.717) is 11.3 Å². The van der Waals surface area contributed by atoms with Gasteiger partial charge in [0.25, 0.3) is 0 Å². The van der Waals surface area contributed by atoms with Crippen molar-refractivity contribution in [3.05, 3.63) is 73.8 Å². The van der Waals surface area contributed by atoms with E-state index in [0.717, 1.165) is 0 Å². The molecule has 0 aliphatic rings. The van der Waals surface area contributed by atoms with Gasteiger partial charge in [0, 0.05) is 0 Å². The van der Waals surface area contributed by atoms with Crippen LogP contribution in [0.15, 0.2) is 50.4 Å². The summed E-state index contributed by atoms with van der Waals surface area (Å²) in [4.78, 5) is 24.1. The van der Waals surface area contributed by atoms with Gasteiger partial charge < -0.3 is 9.15 Å². The normalized spacial score (nSPS) is 10.9. The second-order valence-electron chi connectivity index (χ2n) is 4.84. The van der Waals surface area contributed by atoms with Crippen LogP contribution >= 0.6 is 11.6 Å². The van der Waals surface area contributed by atoms with Crippen molar-refractivity contribution >= 4 is 22.5 Å². The molecule has 2 aromatic carbocycles. The van der Waals surface area contributed by atoms with E-state index in [1.807, 2.05) is 0 Å². The van der Waals surface area contributed by atoms with Crippen molar-refractivity contribution in [2.75, 3.05) is 7.11 Å². The van der Waals surface area contributed by atoms with Crippen LogP contribution in [0.2, 0.25) is 5.02 Å². The number of ether oxygens (including phenoxy) is 1. The third kappa shape index (κ3) is 2.73. The molecule has 0 spiro atoms. The number of fused-ring (bicyclic) bond motifs is 1. The molecule has 0 atom stereocenters. The summed E-state index contributed by atoms with van der Waals surface area (Å²) in [6, 6.07) is 8.69. The van der Waals surface area contributed by atoms with Gasteiger partial charge in [0.15, 0.2) is 0 Å². The smallest absolute Gasteiger partial charge is 0.422 e. The molecule has 0 fully saturated rings. The number of benzene rings is 2. The van der Waals surface area contributed by atoms with Crippen molar-refractivity contribution in [1.82, 2.24) is 4.57 Å². The Morgan fingerprint density at radius 1 is 1.17 bits per heavy atom. The van der Waals surface area contributed by atoms with Crippen LogP contribution in [0.5, 0.6) is 5.75 Å². The summed E-state index contributed by atoms with van der Waals surface area (Å²) in [5.74, 6) is -0.907. The SMILES string of the molecule is COc1ccc(Cl)c2c(=O)oc(=O)n(Cc3ccc(F)cc3)c12. The Hall–Kier alpha value is -2.60. The fourth-order valence-corrected chi connectivity index (χ4v) is 2.60. The first-order chi connectivity index (χ1) is 11.0. The lowest BCUT2D eigenvalue weighted by Gasteiger charge is -2.12. The number of hydrogen-bond acceptors (Lipinski definition) is 4. The summed E-state index contributed by atoms with van der Waals surface area (Å²) in [5, 5.41) is 0.218. The molecule has 7 heteroatoms. The fourth-order valence-electron chi connectivity index (χ4n) is 2.37. The molecule has 0 saturated heterocycles. The topological polar surface area (TPSA) is 61.4 Å². The van der Waals surface area contributed by atoms with E-state index in [1.54, 1.807) is 6.07 Å². The average Bonchev–Trinajstić information content (AvgIpc) is 2.53. The molecule has 23 heavy (non-hydrogen) atoms. The van der Waals surface area contributed by atoms with Crippen LogP contribution in [0.1, 0.15) is 5.56 Å². The van der Waals surface area contributed by atoms with Gasteiger partial charge in [-0.3, -0.25) is 4.57 Å². The van der Waals surface area contributed by atoms with E-state index in [1.165, 1.54) is 42.0 Å². The molecular formula is C16H11ClFNO4. The Kier molecular flexibility index (Phi) is 3.92. The number of rotatable bonds is 3. The van der Waals surface area contributed by atoms with E-state index in [2.05, 4.69) is 0 Å². The van der Waals surface area contributed by atoms with Gasteiger partial charge >= 0.3 is 11.4 Å². The lowest BCUT2D eigenvalue weighted by molar-refractivity contribution is 0.402. The first kappa shape index (κ1) is 15.3. The largest absolute Gasteiger partial charge is 0.495 e. The van der Waals surface area contributed by atoms with E-state index < -0.39 is 11.4 Å². The van der Waals surface area contributed by atoms with Crippen molar-refractivity contribution < 1.29 is 13.5 Å². The van der Waals surface area contributed by atoms with Gasteiger partial charge in [-0.15, -0.1) is 0 Å². The molecule has 5 nitrogen and oxygen atoms in total. The highest BCUT2D eigenvalue weighted by Crippen LogP contribution is 2.28. The van der Waals surface area contributed by atoms with Crippen molar-refractivity contribution in [1.29, 1.82) is 0 Å². The van der Waals surface area contributed by atoms with Crippen LogP contribution in [0, 0.1) is 5.82 Å². The van der Waals surface area contributed by atoms with E-state index in [9.17, 15) is 14.0 Å². The van der Waals surface area contributed by atoms with E-state index in [4.69, 9.17) is 20.8 Å². The van der Waals surface area contributed by atoms with E-state index >= 15 is 0 Å². The number of halogens is 2. The van der Waals surface area contributed by atoms with Crippen molar-refractivity contribution in [3.63, 3.8) is 0 Å². The Labute approximate surface area is 134 Å². The second-order valence-corrected chi connectivity index (χ2v) is 5.25. The summed E-state index contributed by atoms with van der Waals surface area (Å²) in [6.07, 6.45) is 0. The predicted molar refractivity (Wildman–Crippen MR) is 83.8 cm³/mol. The standard InChI is InChI=1S/C16H11ClFNO4/c1-22-12-7-6-11(17)13-14(12)19(16(21)23-15(13)20)8-9-2-4-10(18)5-3-9/h2-7H,8H2,1H3. The molecule has 0 radical (unpaired) electrons. The van der Waals surface area contributed by atoms with Gasteiger partial charge in [-0.2, -0.15) is 0 Å².